The quantitative estimate of drug-likeness (QED) is 0.492. The molecule has 3 aromatic rings. The van der Waals surface area contributed by atoms with Crippen molar-refractivity contribution in [3.63, 3.8) is 0 Å². The number of carbonyl (C=O) groups is 1. The van der Waals surface area contributed by atoms with Gasteiger partial charge in [-0.05, 0) is 49.2 Å². The monoisotopic (exact) mass is 487 g/mol. The Morgan fingerprint density at radius 2 is 2.19 bits per heavy atom. The predicted octanol–water partition coefficient (Wildman–Crippen LogP) is 2.97. The zero-order valence-electron chi connectivity index (χ0n) is 20.2. The molecule has 3 N–H and O–H groups in total. The third kappa shape index (κ3) is 4.49. The summed E-state index contributed by atoms with van der Waals surface area (Å²) in [6, 6.07) is 11.4. The molecule has 186 valence electrons. The number of carbonyl (C=O) groups excluding carboxylic acids is 1. The summed E-state index contributed by atoms with van der Waals surface area (Å²) < 4.78 is 13.5. The van der Waals surface area contributed by atoms with Crippen LogP contribution in [-0.4, -0.2) is 58.3 Å². The standard InChI is InChI=1S/C26H29N7O3/c1-3-22(34)32-12-6-8-19(14-32)33-26-23(25(27)29-16-30-26)24(31-33)17-9-10-20(21(13-17)35-2)36-15-18-7-4-5-11-28-18/h3-5,7,9-11,13,19,30H,1,6,8,12,14-16H2,2H3,(H2,27,29)/t19-/m1/s1. The Morgan fingerprint density at radius 3 is 2.97 bits per heavy atom. The molecule has 2 aliphatic rings. The average molecular weight is 488 g/mol. The van der Waals surface area contributed by atoms with Crippen LogP contribution in [0.5, 0.6) is 11.5 Å². The van der Waals surface area contributed by atoms with Gasteiger partial charge in [0.15, 0.2) is 11.5 Å². The number of methoxy groups -OCH3 is 1. The van der Waals surface area contributed by atoms with E-state index >= 15 is 0 Å². The van der Waals surface area contributed by atoms with Crippen molar-refractivity contribution in [3.05, 3.63) is 66.5 Å². The minimum Gasteiger partial charge on any atom is -0.493 e. The molecule has 10 nitrogen and oxygen atoms in total. The Labute approximate surface area is 209 Å². The number of rotatable bonds is 7. The van der Waals surface area contributed by atoms with Crippen LogP contribution in [0.25, 0.3) is 11.3 Å². The first-order chi connectivity index (χ1) is 17.6. The summed E-state index contributed by atoms with van der Waals surface area (Å²) in [5.41, 5.74) is 9.44. The number of pyridine rings is 1. The first kappa shape index (κ1) is 23.4. The van der Waals surface area contributed by atoms with Crippen molar-refractivity contribution in [2.75, 3.05) is 32.2 Å². The highest BCUT2D eigenvalue weighted by molar-refractivity contribution is 6.08. The van der Waals surface area contributed by atoms with Gasteiger partial charge in [-0.3, -0.25) is 9.78 Å². The molecule has 2 aromatic heterocycles. The van der Waals surface area contributed by atoms with Gasteiger partial charge in [0.05, 0.1) is 24.4 Å². The second kappa shape index (κ2) is 10.1. The van der Waals surface area contributed by atoms with Crippen LogP contribution < -0.4 is 20.5 Å². The molecule has 0 unspecified atom stereocenters. The maximum Gasteiger partial charge on any atom is 0.246 e. The van der Waals surface area contributed by atoms with E-state index in [0.717, 1.165) is 35.5 Å². The number of anilines is 1. The molecule has 1 atom stereocenters. The summed E-state index contributed by atoms with van der Waals surface area (Å²) in [6.07, 6.45) is 4.88. The second-order valence-electron chi connectivity index (χ2n) is 8.65. The number of hydrogen-bond acceptors (Lipinski definition) is 8. The third-order valence-electron chi connectivity index (χ3n) is 6.43. The minimum absolute atomic E-state index is 0.00595. The first-order valence-corrected chi connectivity index (χ1v) is 11.9. The number of piperidine rings is 1. The summed E-state index contributed by atoms with van der Waals surface area (Å²) in [7, 11) is 1.60. The van der Waals surface area contributed by atoms with Gasteiger partial charge in [-0.25, -0.2) is 9.67 Å². The Kier molecular flexibility index (Phi) is 6.57. The summed E-state index contributed by atoms with van der Waals surface area (Å²) in [4.78, 5) is 22.7. The highest BCUT2D eigenvalue weighted by Crippen LogP contribution is 2.38. The van der Waals surface area contributed by atoms with Crippen LogP contribution in [0, 0.1) is 0 Å². The van der Waals surface area contributed by atoms with Crippen LogP contribution in [0.1, 0.15) is 30.1 Å². The number of amidine groups is 1. The van der Waals surface area contributed by atoms with Crippen LogP contribution in [0.15, 0.2) is 60.2 Å². The van der Waals surface area contributed by atoms with Crippen molar-refractivity contribution in [2.45, 2.75) is 25.5 Å². The molecule has 0 aliphatic carbocycles. The molecule has 1 fully saturated rings. The normalized spacial score (nSPS) is 17.0. The van der Waals surface area contributed by atoms with Crippen molar-refractivity contribution >= 4 is 17.6 Å². The van der Waals surface area contributed by atoms with E-state index in [4.69, 9.17) is 20.3 Å². The van der Waals surface area contributed by atoms with Gasteiger partial charge in [0, 0.05) is 24.8 Å². The Bertz CT molecular complexity index is 1300. The maximum atomic E-state index is 12.3. The molecular weight excluding hydrogens is 458 g/mol. The molecule has 1 amide bonds. The van der Waals surface area contributed by atoms with Gasteiger partial charge in [-0.2, -0.15) is 5.10 Å². The van der Waals surface area contributed by atoms with E-state index in [1.165, 1.54) is 6.08 Å². The molecule has 1 aromatic carbocycles. The lowest BCUT2D eigenvalue weighted by molar-refractivity contribution is -0.127. The van der Waals surface area contributed by atoms with Gasteiger partial charge >= 0.3 is 0 Å². The van der Waals surface area contributed by atoms with Gasteiger partial charge < -0.3 is 25.4 Å². The molecule has 0 bridgehead atoms. The van der Waals surface area contributed by atoms with E-state index in [1.807, 2.05) is 46.0 Å². The topological polar surface area (TPSA) is 120 Å². The summed E-state index contributed by atoms with van der Waals surface area (Å²) in [5.74, 6) is 2.34. The number of hydrogen-bond donors (Lipinski definition) is 2. The van der Waals surface area contributed by atoms with Gasteiger partial charge in [0.2, 0.25) is 5.91 Å². The fourth-order valence-electron chi connectivity index (χ4n) is 4.64. The highest BCUT2D eigenvalue weighted by Gasteiger charge is 2.31. The molecule has 1 saturated heterocycles. The molecule has 36 heavy (non-hydrogen) atoms. The number of aliphatic imine (C=N–C) groups is 1. The number of benzene rings is 1. The van der Waals surface area contributed by atoms with Crippen LogP contribution in [-0.2, 0) is 11.4 Å². The zero-order chi connectivity index (χ0) is 25.1. The maximum absolute atomic E-state index is 12.3. The Balaban J connectivity index is 1.48. The average Bonchev–Trinajstić information content (AvgIpc) is 3.33. The van der Waals surface area contributed by atoms with E-state index in [2.05, 4.69) is 21.9 Å². The van der Waals surface area contributed by atoms with Gasteiger partial charge in [-0.1, -0.05) is 12.6 Å². The number of amides is 1. The van der Waals surface area contributed by atoms with Crippen LogP contribution in [0.4, 0.5) is 5.82 Å². The fourth-order valence-corrected chi connectivity index (χ4v) is 4.64. The second-order valence-corrected chi connectivity index (χ2v) is 8.65. The number of nitrogens with zero attached hydrogens (tertiary/aromatic N) is 5. The molecular formula is C26H29N7O3. The van der Waals surface area contributed by atoms with Crippen LogP contribution >= 0.6 is 0 Å². The van der Waals surface area contributed by atoms with Crippen LogP contribution in [0.3, 0.4) is 0 Å². The Morgan fingerprint density at radius 1 is 1.31 bits per heavy atom. The van der Waals surface area contributed by atoms with Crippen LogP contribution in [0.2, 0.25) is 0 Å². The fraction of sp³-hybridized carbons (Fsp3) is 0.308. The number of aromatic nitrogens is 3. The summed E-state index contributed by atoms with van der Waals surface area (Å²) in [6.45, 7) is 5.59. The van der Waals surface area contributed by atoms with E-state index < -0.39 is 0 Å². The van der Waals surface area contributed by atoms with Crippen molar-refractivity contribution < 1.29 is 14.3 Å². The van der Waals surface area contributed by atoms with Gasteiger partial charge in [-0.15, -0.1) is 0 Å². The summed E-state index contributed by atoms with van der Waals surface area (Å²) >= 11 is 0. The largest absolute Gasteiger partial charge is 0.493 e. The molecule has 0 radical (unpaired) electrons. The van der Waals surface area contributed by atoms with E-state index in [-0.39, 0.29) is 11.9 Å². The molecule has 0 saturated carbocycles. The number of nitrogens with one attached hydrogen (secondary N) is 1. The molecule has 4 heterocycles. The Hall–Kier alpha value is -4.34. The number of nitrogens with two attached hydrogens (primary N) is 1. The molecule has 0 spiro atoms. The number of likely N-dealkylation sites (tertiary alicyclic amines) is 1. The zero-order valence-corrected chi connectivity index (χ0v) is 20.2. The van der Waals surface area contributed by atoms with Crippen molar-refractivity contribution in [1.29, 1.82) is 0 Å². The smallest absolute Gasteiger partial charge is 0.246 e. The lowest BCUT2D eigenvalue weighted by atomic mass is 10.0. The lowest BCUT2D eigenvalue weighted by Gasteiger charge is -2.33. The SMILES string of the molecule is C=CC(=O)N1CCC[C@@H](n2nc(-c3ccc(OCc4ccccn4)c(OC)c3)c3c2NCN=C3N)C1. The van der Waals surface area contributed by atoms with E-state index in [1.54, 1.807) is 13.3 Å². The number of fused-ring (bicyclic) bond motifs is 1. The molecule has 5 rings (SSSR count). The van der Waals surface area contributed by atoms with E-state index in [0.29, 0.717) is 49.4 Å². The van der Waals surface area contributed by atoms with Crippen molar-refractivity contribution in [1.82, 2.24) is 19.7 Å². The third-order valence-corrected chi connectivity index (χ3v) is 6.43. The molecule has 10 heteroatoms. The number of ether oxygens (including phenoxy) is 2. The van der Waals surface area contributed by atoms with Crippen molar-refractivity contribution in [2.24, 2.45) is 10.7 Å². The van der Waals surface area contributed by atoms with Gasteiger partial charge in [0.25, 0.3) is 0 Å². The molecule has 2 aliphatic heterocycles. The van der Waals surface area contributed by atoms with Crippen molar-refractivity contribution in [3.8, 4) is 22.8 Å². The minimum atomic E-state index is -0.0685. The predicted molar refractivity (Wildman–Crippen MR) is 137 cm³/mol. The first-order valence-electron chi connectivity index (χ1n) is 11.9. The summed E-state index contributed by atoms with van der Waals surface area (Å²) in [5, 5.41) is 8.31. The lowest BCUT2D eigenvalue weighted by Crippen LogP contribution is -2.40. The van der Waals surface area contributed by atoms with Gasteiger partial charge in [0.1, 0.15) is 30.6 Å². The highest BCUT2D eigenvalue weighted by atomic mass is 16.5. The van der Waals surface area contributed by atoms with E-state index in [9.17, 15) is 4.79 Å².